The van der Waals surface area contributed by atoms with Gasteiger partial charge in [0.15, 0.2) is 0 Å². The average molecular weight is 384 g/mol. The molecule has 0 bridgehead atoms. The van der Waals surface area contributed by atoms with Gasteiger partial charge in [-0.25, -0.2) is 0 Å². The second kappa shape index (κ2) is 10.6. The Hall–Kier alpha value is -0.160. The largest absolute Gasteiger partial charge is 0.381 e. The Balaban J connectivity index is 1.29. The van der Waals surface area contributed by atoms with Crippen LogP contribution in [0.3, 0.4) is 0 Å². The first-order valence-electron chi connectivity index (χ1n) is 11.2. The lowest BCUT2D eigenvalue weighted by atomic mass is 9.76. The molecule has 0 aromatic heterocycles. The lowest BCUT2D eigenvalue weighted by Crippen LogP contribution is -2.52. The molecule has 160 valence electrons. The van der Waals surface area contributed by atoms with Crippen molar-refractivity contribution in [1.29, 1.82) is 0 Å². The lowest BCUT2D eigenvalue weighted by molar-refractivity contribution is -0.115. The summed E-state index contributed by atoms with van der Waals surface area (Å²) in [6.07, 6.45) is 6.22. The molecule has 0 N–H and O–H groups in total. The van der Waals surface area contributed by atoms with E-state index in [1.165, 1.54) is 38.9 Å². The second-order valence-corrected chi connectivity index (χ2v) is 10.7. The lowest BCUT2D eigenvalue weighted by Gasteiger charge is -2.46. The Morgan fingerprint density at radius 2 is 1.41 bits per heavy atom. The van der Waals surface area contributed by atoms with Crippen LogP contribution < -0.4 is 0 Å². The van der Waals surface area contributed by atoms with E-state index >= 15 is 0 Å². The molecule has 1 saturated carbocycles. The fourth-order valence-corrected chi connectivity index (χ4v) is 3.91. The van der Waals surface area contributed by atoms with Crippen LogP contribution >= 0.6 is 0 Å². The van der Waals surface area contributed by atoms with Gasteiger partial charge in [-0.05, 0) is 70.1 Å². The van der Waals surface area contributed by atoms with Crippen molar-refractivity contribution in [3.05, 3.63) is 0 Å². The van der Waals surface area contributed by atoms with Crippen molar-refractivity contribution in [3.8, 4) is 0 Å². The maximum atomic E-state index is 5.98. The number of likely N-dealkylation sites (tertiary alicyclic amines) is 1. The molecule has 4 nitrogen and oxygen atoms in total. The summed E-state index contributed by atoms with van der Waals surface area (Å²) in [6, 6.07) is 0. The summed E-state index contributed by atoms with van der Waals surface area (Å²) in [6.45, 7) is 20.6. The van der Waals surface area contributed by atoms with Crippen molar-refractivity contribution in [1.82, 2.24) is 4.90 Å². The third kappa shape index (κ3) is 9.25. The van der Waals surface area contributed by atoms with Crippen LogP contribution in [0.5, 0.6) is 0 Å². The molecule has 0 atom stereocenters. The molecule has 0 amide bonds. The number of rotatable bonds is 12. The predicted molar refractivity (Wildman–Crippen MR) is 112 cm³/mol. The van der Waals surface area contributed by atoms with Crippen molar-refractivity contribution < 1.29 is 14.2 Å². The van der Waals surface area contributed by atoms with Crippen molar-refractivity contribution in [2.75, 3.05) is 46.1 Å². The number of nitrogens with zero attached hydrogens (tertiary/aromatic N) is 1. The van der Waals surface area contributed by atoms with Gasteiger partial charge in [0.25, 0.3) is 0 Å². The molecule has 0 radical (unpaired) electrons. The van der Waals surface area contributed by atoms with E-state index in [0.717, 1.165) is 51.1 Å². The van der Waals surface area contributed by atoms with Gasteiger partial charge in [0.2, 0.25) is 0 Å². The van der Waals surface area contributed by atoms with Crippen LogP contribution in [0.4, 0.5) is 0 Å². The molecule has 1 saturated heterocycles. The molecule has 0 unspecified atom stereocenters. The zero-order valence-electron chi connectivity index (χ0n) is 18.9. The summed E-state index contributed by atoms with van der Waals surface area (Å²) in [7, 11) is 0. The quantitative estimate of drug-likeness (QED) is 0.455. The van der Waals surface area contributed by atoms with E-state index in [9.17, 15) is 0 Å². The molecule has 1 aliphatic carbocycles. The zero-order chi connectivity index (χ0) is 19.9. The van der Waals surface area contributed by atoms with Crippen LogP contribution in [0.25, 0.3) is 0 Å². The van der Waals surface area contributed by atoms with Gasteiger partial charge in [-0.2, -0.15) is 0 Å². The van der Waals surface area contributed by atoms with Gasteiger partial charge in [0.05, 0.1) is 11.7 Å². The predicted octanol–water partition coefficient (Wildman–Crippen LogP) is 4.76. The fourth-order valence-electron chi connectivity index (χ4n) is 3.91. The highest BCUT2D eigenvalue weighted by molar-refractivity contribution is 4.87. The molecular weight excluding hydrogens is 338 g/mol. The van der Waals surface area contributed by atoms with Crippen LogP contribution in [0.2, 0.25) is 0 Å². The Morgan fingerprint density at radius 1 is 0.815 bits per heavy atom. The number of hydrogen-bond donors (Lipinski definition) is 0. The van der Waals surface area contributed by atoms with E-state index in [1.54, 1.807) is 0 Å². The standard InChI is InChI=1S/C23H45NO3/c1-22(2,3)20-17-24(18-20)10-7-11-25-12-8-13-26-14-9-19-15-21(16-19)27-23(4,5)6/h19-21H,7-18H2,1-6H3. The summed E-state index contributed by atoms with van der Waals surface area (Å²) in [5.74, 6) is 1.67. The normalized spacial score (nSPS) is 24.7. The van der Waals surface area contributed by atoms with Gasteiger partial charge in [0, 0.05) is 46.1 Å². The number of hydrogen-bond acceptors (Lipinski definition) is 4. The van der Waals surface area contributed by atoms with E-state index in [4.69, 9.17) is 14.2 Å². The summed E-state index contributed by atoms with van der Waals surface area (Å²) >= 11 is 0. The van der Waals surface area contributed by atoms with Crippen molar-refractivity contribution in [2.24, 2.45) is 17.3 Å². The Bertz CT molecular complexity index is 401. The summed E-state index contributed by atoms with van der Waals surface area (Å²) in [5, 5.41) is 0. The molecular formula is C23H45NO3. The van der Waals surface area contributed by atoms with Crippen molar-refractivity contribution in [3.63, 3.8) is 0 Å². The second-order valence-electron chi connectivity index (χ2n) is 10.7. The van der Waals surface area contributed by atoms with Crippen LogP contribution in [0.15, 0.2) is 0 Å². The molecule has 1 heterocycles. The van der Waals surface area contributed by atoms with E-state index in [2.05, 4.69) is 46.4 Å². The van der Waals surface area contributed by atoms with Crippen LogP contribution in [0, 0.1) is 17.3 Å². The van der Waals surface area contributed by atoms with Crippen molar-refractivity contribution >= 4 is 0 Å². The zero-order valence-corrected chi connectivity index (χ0v) is 18.9. The van der Waals surface area contributed by atoms with Gasteiger partial charge < -0.3 is 19.1 Å². The molecule has 4 heteroatoms. The van der Waals surface area contributed by atoms with Crippen LogP contribution in [-0.2, 0) is 14.2 Å². The summed E-state index contributed by atoms with van der Waals surface area (Å²) in [5.41, 5.74) is 0.462. The minimum Gasteiger partial charge on any atom is -0.381 e. The van der Waals surface area contributed by atoms with Gasteiger partial charge in [-0.15, -0.1) is 0 Å². The molecule has 27 heavy (non-hydrogen) atoms. The van der Waals surface area contributed by atoms with E-state index in [0.29, 0.717) is 11.5 Å². The minimum absolute atomic E-state index is 0.00373. The Labute approximate surface area is 168 Å². The van der Waals surface area contributed by atoms with Gasteiger partial charge in [0.1, 0.15) is 0 Å². The smallest absolute Gasteiger partial charge is 0.0602 e. The maximum Gasteiger partial charge on any atom is 0.0602 e. The molecule has 0 spiro atoms. The van der Waals surface area contributed by atoms with E-state index < -0.39 is 0 Å². The highest BCUT2D eigenvalue weighted by Gasteiger charge is 2.35. The van der Waals surface area contributed by atoms with E-state index in [1.807, 2.05) is 0 Å². The van der Waals surface area contributed by atoms with Gasteiger partial charge >= 0.3 is 0 Å². The first-order valence-corrected chi connectivity index (χ1v) is 11.2. The molecule has 2 aliphatic rings. The van der Waals surface area contributed by atoms with Crippen LogP contribution in [-0.4, -0.2) is 62.7 Å². The Morgan fingerprint density at radius 3 is 2.00 bits per heavy atom. The highest BCUT2D eigenvalue weighted by Crippen LogP contribution is 2.35. The molecule has 1 aliphatic heterocycles. The first kappa shape index (κ1) is 23.1. The molecule has 2 fully saturated rings. The summed E-state index contributed by atoms with van der Waals surface area (Å²) < 4.78 is 17.5. The molecule has 0 aromatic rings. The molecule has 2 rings (SSSR count). The fraction of sp³-hybridized carbons (Fsp3) is 1.00. The highest BCUT2D eigenvalue weighted by atomic mass is 16.5. The van der Waals surface area contributed by atoms with E-state index in [-0.39, 0.29) is 5.60 Å². The molecule has 0 aromatic carbocycles. The minimum atomic E-state index is -0.00373. The van der Waals surface area contributed by atoms with Gasteiger partial charge in [-0.1, -0.05) is 20.8 Å². The Kier molecular flexibility index (Phi) is 9.05. The SMILES string of the molecule is CC(C)(C)OC1CC(CCOCCCOCCCN2CC(C(C)(C)C)C2)C1. The van der Waals surface area contributed by atoms with Crippen molar-refractivity contribution in [2.45, 2.75) is 85.4 Å². The third-order valence-corrected chi connectivity index (χ3v) is 5.91. The first-order chi connectivity index (χ1) is 12.6. The van der Waals surface area contributed by atoms with Gasteiger partial charge in [-0.3, -0.25) is 0 Å². The van der Waals surface area contributed by atoms with Crippen LogP contribution in [0.1, 0.15) is 73.6 Å². The third-order valence-electron chi connectivity index (χ3n) is 5.91. The summed E-state index contributed by atoms with van der Waals surface area (Å²) in [4.78, 5) is 2.56. The maximum absolute atomic E-state index is 5.98. The average Bonchev–Trinajstić information content (AvgIpc) is 2.45. The monoisotopic (exact) mass is 383 g/mol. The number of ether oxygens (including phenoxy) is 3. The topological polar surface area (TPSA) is 30.9 Å².